The zero-order valence-corrected chi connectivity index (χ0v) is 11.2. The van der Waals surface area contributed by atoms with Crippen molar-refractivity contribution in [1.82, 2.24) is 10.2 Å². The van der Waals surface area contributed by atoms with E-state index in [2.05, 4.69) is 5.32 Å². The first kappa shape index (κ1) is 14.3. The maximum Gasteiger partial charge on any atom is 0.335 e. The molecule has 1 aromatic carbocycles. The van der Waals surface area contributed by atoms with Crippen LogP contribution in [0.4, 0.5) is 4.79 Å². The predicted octanol–water partition coefficient (Wildman–Crippen LogP) is 0.969. The van der Waals surface area contributed by atoms with Crippen molar-refractivity contribution in [2.45, 2.75) is 6.42 Å². The molecule has 1 fully saturated rings. The lowest BCUT2D eigenvalue weighted by atomic mass is 10.0. The molecule has 1 aliphatic rings. The highest BCUT2D eigenvalue weighted by Gasteiger charge is 2.16. The molecule has 0 saturated carbocycles. The molecule has 0 bridgehead atoms. The van der Waals surface area contributed by atoms with E-state index in [0.29, 0.717) is 39.3 Å². The fraction of sp³-hybridized carbons (Fsp3) is 0.429. The van der Waals surface area contributed by atoms with Crippen molar-refractivity contribution in [2.75, 3.05) is 32.8 Å². The van der Waals surface area contributed by atoms with E-state index in [1.54, 1.807) is 29.2 Å². The average molecular weight is 278 g/mol. The molecule has 6 heteroatoms. The number of carbonyl (C=O) groups is 2. The van der Waals surface area contributed by atoms with Crippen LogP contribution in [0.3, 0.4) is 0 Å². The number of carboxylic acids is 1. The Morgan fingerprint density at radius 1 is 1.25 bits per heavy atom. The van der Waals surface area contributed by atoms with E-state index in [9.17, 15) is 9.59 Å². The molecule has 1 saturated heterocycles. The molecule has 2 rings (SSSR count). The van der Waals surface area contributed by atoms with E-state index in [4.69, 9.17) is 9.84 Å². The Labute approximate surface area is 117 Å². The molecule has 0 aromatic heterocycles. The highest BCUT2D eigenvalue weighted by atomic mass is 16.5. The highest BCUT2D eigenvalue weighted by molar-refractivity contribution is 5.89. The third kappa shape index (κ3) is 3.71. The molecule has 0 aliphatic carbocycles. The number of morpholine rings is 1. The van der Waals surface area contributed by atoms with E-state index in [0.717, 1.165) is 5.56 Å². The first-order valence-electron chi connectivity index (χ1n) is 6.60. The zero-order valence-electron chi connectivity index (χ0n) is 11.2. The highest BCUT2D eigenvalue weighted by Crippen LogP contribution is 2.09. The lowest BCUT2D eigenvalue weighted by Gasteiger charge is -2.26. The van der Waals surface area contributed by atoms with Gasteiger partial charge in [0.25, 0.3) is 0 Å². The van der Waals surface area contributed by atoms with Crippen LogP contribution in [0.15, 0.2) is 24.3 Å². The summed E-state index contributed by atoms with van der Waals surface area (Å²) in [4.78, 5) is 24.6. The third-order valence-corrected chi connectivity index (χ3v) is 3.22. The van der Waals surface area contributed by atoms with E-state index in [1.165, 1.54) is 0 Å². The Kier molecular flexibility index (Phi) is 4.95. The quantitative estimate of drug-likeness (QED) is 0.860. The molecular formula is C14H18N2O4. The van der Waals surface area contributed by atoms with Crippen LogP contribution in [0.5, 0.6) is 0 Å². The van der Waals surface area contributed by atoms with Crippen molar-refractivity contribution in [2.24, 2.45) is 0 Å². The SMILES string of the molecule is O=C(O)c1ccccc1CCNC(=O)N1CCOCC1. The molecule has 0 radical (unpaired) electrons. The summed E-state index contributed by atoms with van der Waals surface area (Å²) in [6.45, 7) is 2.74. The van der Waals surface area contributed by atoms with Crippen molar-refractivity contribution in [3.8, 4) is 0 Å². The average Bonchev–Trinajstić information content (AvgIpc) is 2.48. The van der Waals surface area contributed by atoms with Crippen LogP contribution < -0.4 is 5.32 Å². The molecule has 1 aromatic rings. The van der Waals surface area contributed by atoms with Gasteiger partial charge >= 0.3 is 12.0 Å². The topological polar surface area (TPSA) is 78.9 Å². The largest absolute Gasteiger partial charge is 0.478 e. The number of carbonyl (C=O) groups excluding carboxylic acids is 1. The number of aromatic carboxylic acids is 1. The second kappa shape index (κ2) is 6.91. The van der Waals surface area contributed by atoms with E-state index in [1.807, 2.05) is 0 Å². The monoisotopic (exact) mass is 278 g/mol. The molecule has 1 heterocycles. The van der Waals surface area contributed by atoms with Crippen molar-refractivity contribution in [3.05, 3.63) is 35.4 Å². The third-order valence-electron chi connectivity index (χ3n) is 3.22. The molecule has 2 N–H and O–H groups in total. The van der Waals surface area contributed by atoms with Gasteiger partial charge in [0, 0.05) is 19.6 Å². The van der Waals surface area contributed by atoms with Gasteiger partial charge in [-0.25, -0.2) is 9.59 Å². The van der Waals surface area contributed by atoms with Crippen molar-refractivity contribution in [3.63, 3.8) is 0 Å². The molecule has 0 atom stereocenters. The van der Waals surface area contributed by atoms with Gasteiger partial charge in [0.1, 0.15) is 0 Å². The maximum absolute atomic E-state index is 11.9. The fourth-order valence-electron chi connectivity index (χ4n) is 2.13. The summed E-state index contributed by atoms with van der Waals surface area (Å²) in [6.07, 6.45) is 0.499. The molecule has 1 aliphatic heterocycles. The van der Waals surface area contributed by atoms with Gasteiger partial charge < -0.3 is 20.1 Å². The van der Waals surface area contributed by atoms with Gasteiger partial charge in [-0.2, -0.15) is 0 Å². The van der Waals surface area contributed by atoms with E-state index in [-0.39, 0.29) is 11.6 Å². The number of hydrogen-bond donors (Lipinski definition) is 2. The minimum absolute atomic E-state index is 0.124. The minimum atomic E-state index is -0.944. The lowest BCUT2D eigenvalue weighted by molar-refractivity contribution is 0.0533. The number of benzene rings is 1. The second-order valence-corrected chi connectivity index (χ2v) is 4.54. The van der Waals surface area contributed by atoms with Crippen LogP contribution in [0.25, 0.3) is 0 Å². The summed E-state index contributed by atoms with van der Waals surface area (Å²) in [5.41, 5.74) is 1.01. The molecule has 20 heavy (non-hydrogen) atoms. The first-order valence-corrected chi connectivity index (χ1v) is 6.60. The number of urea groups is 1. The van der Waals surface area contributed by atoms with Gasteiger partial charge in [-0.3, -0.25) is 0 Å². The summed E-state index contributed by atoms with van der Waals surface area (Å²) >= 11 is 0. The zero-order chi connectivity index (χ0) is 14.4. The van der Waals surface area contributed by atoms with Crippen molar-refractivity contribution in [1.29, 1.82) is 0 Å². The Morgan fingerprint density at radius 2 is 1.95 bits per heavy atom. The van der Waals surface area contributed by atoms with Gasteiger partial charge in [0.05, 0.1) is 18.8 Å². The van der Waals surface area contributed by atoms with Gasteiger partial charge in [-0.15, -0.1) is 0 Å². The Hall–Kier alpha value is -2.08. The van der Waals surface area contributed by atoms with Crippen molar-refractivity contribution < 1.29 is 19.4 Å². The van der Waals surface area contributed by atoms with Crippen LogP contribution in [-0.2, 0) is 11.2 Å². The van der Waals surface area contributed by atoms with E-state index < -0.39 is 5.97 Å². The van der Waals surface area contributed by atoms with Crippen LogP contribution in [-0.4, -0.2) is 54.9 Å². The normalized spacial score (nSPS) is 14.9. The lowest BCUT2D eigenvalue weighted by Crippen LogP contribution is -2.46. The van der Waals surface area contributed by atoms with E-state index >= 15 is 0 Å². The number of nitrogens with zero attached hydrogens (tertiary/aromatic N) is 1. The van der Waals surface area contributed by atoms with Crippen LogP contribution >= 0.6 is 0 Å². The van der Waals surface area contributed by atoms with Crippen LogP contribution in [0.2, 0.25) is 0 Å². The van der Waals surface area contributed by atoms with Gasteiger partial charge in [-0.1, -0.05) is 18.2 Å². The smallest absolute Gasteiger partial charge is 0.335 e. The van der Waals surface area contributed by atoms with Crippen molar-refractivity contribution >= 4 is 12.0 Å². The number of ether oxygens (including phenoxy) is 1. The number of nitrogens with one attached hydrogen (secondary N) is 1. The molecule has 6 nitrogen and oxygen atoms in total. The fourth-order valence-corrected chi connectivity index (χ4v) is 2.13. The summed E-state index contributed by atoms with van der Waals surface area (Å²) in [7, 11) is 0. The maximum atomic E-state index is 11.9. The summed E-state index contributed by atoms with van der Waals surface area (Å²) in [6, 6.07) is 6.71. The minimum Gasteiger partial charge on any atom is -0.478 e. The molecule has 2 amide bonds. The predicted molar refractivity (Wildman–Crippen MR) is 72.9 cm³/mol. The number of amides is 2. The standard InChI is InChI=1S/C14H18N2O4/c17-13(18)12-4-2-1-3-11(12)5-6-15-14(19)16-7-9-20-10-8-16/h1-4H,5-10H2,(H,15,19)(H,17,18). The van der Waals surface area contributed by atoms with Gasteiger partial charge in [0.15, 0.2) is 0 Å². The summed E-state index contributed by atoms with van der Waals surface area (Å²) in [5, 5.41) is 11.9. The molecule has 108 valence electrons. The Morgan fingerprint density at radius 3 is 2.65 bits per heavy atom. The Bertz CT molecular complexity index is 484. The number of hydrogen-bond acceptors (Lipinski definition) is 3. The first-order chi connectivity index (χ1) is 9.68. The Balaban J connectivity index is 1.83. The van der Waals surface area contributed by atoms with Gasteiger partial charge in [-0.05, 0) is 18.1 Å². The molecule has 0 spiro atoms. The van der Waals surface area contributed by atoms with Crippen LogP contribution in [0.1, 0.15) is 15.9 Å². The summed E-state index contributed by atoms with van der Waals surface area (Å²) < 4.78 is 5.18. The molecule has 0 unspecified atom stereocenters. The van der Waals surface area contributed by atoms with Crippen LogP contribution in [0, 0.1) is 0 Å². The number of carboxylic acid groups (broad SMARTS) is 1. The number of rotatable bonds is 4. The second-order valence-electron chi connectivity index (χ2n) is 4.54. The summed E-state index contributed by atoms with van der Waals surface area (Å²) in [5.74, 6) is -0.944. The van der Waals surface area contributed by atoms with Gasteiger partial charge in [0.2, 0.25) is 0 Å². The molecular weight excluding hydrogens is 260 g/mol.